The van der Waals surface area contributed by atoms with Gasteiger partial charge in [-0.05, 0) is 31.9 Å². The van der Waals surface area contributed by atoms with Crippen molar-refractivity contribution in [3.63, 3.8) is 0 Å². The van der Waals surface area contributed by atoms with Crippen LogP contribution < -0.4 is 14.8 Å². The number of ether oxygens (including phenoxy) is 2. The Hall–Kier alpha value is -1.75. The highest BCUT2D eigenvalue weighted by molar-refractivity contribution is 5.72. The number of nitrogens with zero attached hydrogens (tertiary/aromatic N) is 1. The Morgan fingerprint density at radius 2 is 2.14 bits per heavy atom. The van der Waals surface area contributed by atoms with E-state index in [1.807, 2.05) is 13.0 Å². The van der Waals surface area contributed by atoms with Crippen LogP contribution in [0.3, 0.4) is 0 Å². The Kier molecular flexibility index (Phi) is 5.66. The zero-order chi connectivity index (χ0) is 16.1. The first-order valence-corrected chi connectivity index (χ1v) is 7.72. The molecule has 0 spiro atoms. The van der Waals surface area contributed by atoms with Crippen LogP contribution in [-0.4, -0.2) is 44.7 Å². The fraction of sp³-hybridized carbons (Fsp3) is 0.588. The van der Waals surface area contributed by atoms with Crippen LogP contribution in [0.15, 0.2) is 12.1 Å². The van der Waals surface area contributed by atoms with Crippen molar-refractivity contribution in [3.05, 3.63) is 23.3 Å². The monoisotopic (exact) mass is 306 g/mol. The molecule has 1 aliphatic heterocycles. The van der Waals surface area contributed by atoms with Gasteiger partial charge in [0.15, 0.2) is 0 Å². The number of carbonyl (C=O) groups is 1. The molecule has 0 unspecified atom stereocenters. The number of likely N-dealkylation sites (tertiary alicyclic amines) is 1. The zero-order valence-electron chi connectivity index (χ0n) is 13.9. The van der Waals surface area contributed by atoms with E-state index in [1.165, 1.54) is 5.56 Å². The van der Waals surface area contributed by atoms with E-state index in [4.69, 9.17) is 9.47 Å². The summed E-state index contributed by atoms with van der Waals surface area (Å²) in [6, 6.07) is 4.07. The minimum Gasteiger partial charge on any atom is -0.496 e. The van der Waals surface area contributed by atoms with Crippen LogP contribution in [0.4, 0.5) is 0 Å². The molecule has 5 nitrogen and oxygen atoms in total. The summed E-state index contributed by atoms with van der Waals surface area (Å²) in [4.78, 5) is 13.4. The first-order chi connectivity index (χ1) is 10.5. The van der Waals surface area contributed by atoms with Crippen molar-refractivity contribution >= 4 is 5.91 Å². The summed E-state index contributed by atoms with van der Waals surface area (Å²) >= 11 is 0. The Balaban J connectivity index is 2.00. The van der Waals surface area contributed by atoms with Gasteiger partial charge in [-0.15, -0.1) is 0 Å². The van der Waals surface area contributed by atoms with Gasteiger partial charge in [0.1, 0.15) is 11.5 Å². The van der Waals surface area contributed by atoms with Crippen molar-refractivity contribution in [2.75, 3.05) is 33.9 Å². The predicted molar refractivity (Wildman–Crippen MR) is 86.4 cm³/mol. The molecule has 1 N–H and O–H groups in total. The molecule has 122 valence electrons. The van der Waals surface area contributed by atoms with Crippen LogP contribution in [0.5, 0.6) is 11.5 Å². The summed E-state index contributed by atoms with van der Waals surface area (Å²) in [5.74, 6) is 2.34. The van der Waals surface area contributed by atoms with Gasteiger partial charge in [-0.1, -0.05) is 6.07 Å². The zero-order valence-corrected chi connectivity index (χ0v) is 13.9. The van der Waals surface area contributed by atoms with E-state index in [0.717, 1.165) is 49.7 Å². The lowest BCUT2D eigenvalue weighted by Gasteiger charge is -2.20. The summed E-state index contributed by atoms with van der Waals surface area (Å²) in [6.07, 6.45) is 1.12. The van der Waals surface area contributed by atoms with Crippen LogP contribution in [0.25, 0.3) is 0 Å². The minimum atomic E-state index is 0.0471. The van der Waals surface area contributed by atoms with Crippen LogP contribution >= 0.6 is 0 Å². The maximum atomic E-state index is 11.0. The fourth-order valence-corrected chi connectivity index (χ4v) is 3.11. The van der Waals surface area contributed by atoms with E-state index in [-0.39, 0.29) is 5.91 Å². The third-order valence-corrected chi connectivity index (χ3v) is 4.27. The number of amides is 1. The second-order valence-corrected chi connectivity index (χ2v) is 5.91. The average Bonchev–Trinajstić information content (AvgIpc) is 2.93. The molecule has 1 aromatic rings. The van der Waals surface area contributed by atoms with Gasteiger partial charge in [-0.25, -0.2) is 0 Å². The number of benzene rings is 1. The molecule has 1 saturated heterocycles. The lowest BCUT2D eigenvalue weighted by atomic mass is 10.1. The maximum absolute atomic E-state index is 11.0. The Labute approximate surface area is 132 Å². The van der Waals surface area contributed by atoms with Gasteiger partial charge in [0.2, 0.25) is 5.91 Å². The molecule has 0 radical (unpaired) electrons. The number of carbonyl (C=O) groups excluding carboxylic acids is 1. The first-order valence-electron chi connectivity index (χ1n) is 7.72. The van der Waals surface area contributed by atoms with Gasteiger partial charge in [0.05, 0.1) is 14.2 Å². The number of methoxy groups -OCH3 is 2. The Morgan fingerprint density at radius 1 is 1.36 bits per heavy atom. The smallest absolute Gasteiger partial charge is 0.216 e. The number of nitrogens with one attached hydrogen (secondary N) is 1. The summed E-state index contributed by atoms with van der Waals surface area (Å²) < 4.78 is 10.9. The van der Waals surface area contributed by atoms with Gasteiger partial charge >= 0.3 is 0 Å². The van der Waals surface area contributed by atoms with E-state index in [2.05, 4.69) is 16.3 Å². The third-order valence-electron chi connectivity index (χ3n) is 4.27. The summed E-state index contributed by atoms with van der Waals surface area (Å²) in [5.41, 5.74) is 2.22. The highest BCUT2D eigenvalue weighted by Gasteiger charge is 2.24. The maximum Gasteiger partial charge on any atom is 0.216 e. The molecule has 1 heterocycles. The molecule has 0 aliphatic carbocycles. The van der Waals surface area contributed by atoms with E-state index < -0.39 is 0 Å². The average molecular weight is 306 g/mol. The molecule has 1 aliphatic rings. The van der Waals surface area contributed by atoms with E-state index in [1.54, 1.807) is 21.1 Å². The van der Waals surface area contributed by atoms with Gasteiger partial charge in [0.25, 0.3) is 0 Å². The van der Waals surface area contributed by atoms with Crippen LogP contribution in [0.1, 0.15) is 24.5 Å². The lowest BCUT2D eigenvalue weighted by molar-refractivity contribution is -0.119. The van der Waals surface area contributed by atoms with Crippen LogP contribution in [0, 0.1) is 12.8 Å². The van der Waals surface area contributed by atoms with Gasteiger partial charge in [-0.2, -0.15) is 0 Å². The van der Waals surface area contributed by atoms with Crippen LogP contribution in [0.2, 0.25) is 0 Å². The fourth-order valence-electron chi connectivity index (χ4n) is 3.11. The molecule has 22 heavy (non-hydrogen) atoms. The van der Waals surface area contributed by atoms with Gasteiger partial charge in [0, 0.05) is 37.7 Å². The quantitative estimate of drug-likeness (QED) is 0.873. The van der Waals surface area contributed by atoms with Crippen molar-refractivity contribution in [1.29, 1.82) is 0 Å². The van der Waals surface area contributed by atoms with Crippen molar-refractivity contribution in [2.45, 2.75) is 26.8 Å². The highest BCUT2D eigenvalue weighted by Crippen LogP contribution is 2.32. The highest BCUT2D eigenvalue weighted by atomic mass is 16.5. The molecule has 1 amide bonds. The van der Waals surface area contributed by atoms with Crippen molar-refractivity contribution in [2.24, 2.45) is 5.92 Å². The Morgan fingerprint density at radius 3 is 2.77 bits per heavy atom. The third kappa shape index (κ3) is 3.91. The standard InChI is InChI=1S/C17H26N2O3/c1-12-16(21-3)6-5-15(17(12)22-4)11-19-8-7-14(10-19)9-18-13(2)20/h5-6,14H,7-11H2,1-4H3,(H,18,20)/t14-/m1/s1. The topological polar surface area (TPSA) is 50.8 Å². The number of rotatable bonds is 6. The molecule has 0 saturated carbocycles. The van der Waals surface area contributed by atoms with Crippen molar-refractivity contribution < 1.29 is 14.3 Å². The van der Waals surface area contributed by atoms with Crippen molar-refractivity contribution in [1.82, 2.24) is 10.2 Å². The van der Waals surface area contributed by atoms with Crippen molar-refractivity contribution in [3.8, 4) is 11.5 Å². The lowest BCUT2D eigenvalue weighted by Crippen LogP contribution is -2.29. The molecule has 1 atom stereocenters. The Bertz CT molecular complexity index is 531. The molecule has 5 heteroatoms. The number of hydrogen-bond donors (Lipinski definition) is 1. The SMILES string of the molecule is COc1ccc(CN2CC[C@H](CNC(C)=O)C2)c(OC)c1C. The number of hydrogen-bond acceptors (Lipinski definition) is 4. The summed E-state index contributed by atoms with van der Waals surface area (Å²) in [7, 11) is 3.38. The van der Waals surface area contributed by atoms with Crippen LogP contribution in [-0.2, 0) is 11.3 Å². The second kappa shape index (κ2) is 7.49. The molecular weight excluding hydrogens is 280 g/mol. The minimum absolute atomic E-state index is 0.0471. The molecule has 0 aromatic heterocycles. The van der Waals surface area contributed by atoms with Gasteiger partial charge in [-0.3, -0.25) is 9.69 Å². The molecule has 0 bridgehead atoms. The first kappa shape index (κ1) is 16.6. The molecule has 1 aromatic carbocycles. The second-order valence-electron chi connectivity index (χ2n) is 5.91. The normalized spacial score (nSPS) is 18.3. The van der Waals surface area contributed by atoms with E-state index >= 15 is 0 Å². The molecule has 2 rings (SSSR count). The van der Waals surface area contributed by atoms with E-state index in [9.17, 15) is 4.79 Å². The largest absolute Gasteiger partial charge is 0.496 e. The summed E-state index contributed by atoms with van der Waals surface area (Å²) in [5, 5.41) is 2.91. The van der Waals surface area contributed by atoms with E-state index in [0.29, 0.717) is 5.92 Å². The summed E-state index contributed by atoms with van der Waals surface area (Å²) in [6.45, 7) is 7.28. The predicted octanol–water partition coefficient (Wildman–Crippen LogP) is 1.97. The molecular formula is C17H26N2O3. The van der Waals surface area contributed by atoms with Gasteiger partial charge < -0.3 is 14.8 Å². The molecule has 1 fully saturated rings.